The topological polar surface area (TPSA) is 41.8 Å². The molecule has 1 aromatic heterocycles. The molecule has 114 valence electrons. The van der Waals surface area contributed by atoms with Gasteiger partial charge in [-0.2, -0.15) is 0 Å². The summed E-state index contributed by atoms with van der Waals surface area (Å²) in [6.07, 6.45) is 5.53. The van der Waals surface area contributed by atoms with E-state index < -0.39 is 0 Å². The molecular formula is C20H24N2. The van der Waals surface area contributed by atoms with E-state index in [1.165, 1.54) is 38.7 Å². The number of benzene rings is 2. The minimum Gasteiger partial charge on any atom is -0.399 e. The molecule has 0 amide bonds. The Balaban J connectivity index is 1.73. The summed E-state index contributed by atoms with van der Waals surface area (Å²) in [7, 11) is 0. The standard InChI is InChI=1S/C20H24N2/c1-13-6-4-9-18-17(12-22-20(13)18)8-5-7-16-10-11-19(21)15(3)14(16)2/h4,6,9-12,22H,5,7-8,21H2,1-3H3. The van der Waals surface area contributed by atoms with Gasteiger partial charge in [-0.05, 0) is 73.9 Å². The Labute approximate surface area is 132 Å². The summed E-state index contributed by atoms with van der Waals surface area (Å²) < 4.78 is 0. The average molecular weight is 292 g/mol. The van der Waals surface area contributed by atoms with Crippen LogP contribution in [0.4, 0.5) is 5.69 Å². The fourth-order valence-corrected chi connectivity index (χ4v) is 3.21. The second-order valence-electron chi connectivity index (χ2n) is 6.23. The molecule has 0 spiro atoms. The van der Waals surface area contributed by atoms with Crippen molar-refractivity contribution in [2.45, 2.75) is 40.0 Å². The SMILES string of the molecule is Cc1c(N)ccc(CCCc2c[nH]c3c(C)cccc23)c1C. The lowest BCUT2D eigenvalue weighted by atomic mass is 9.96. The first kappa shape index (κ1) is 14.7. The second-order valence-corrected chi connectivity index (χ2v) is 6.23. The number of nitrogen functional groups attached to an aromatic ring is 1. The summed E-state index contributed by atoms with van der Waals surface area (Å²) in [5.41, 5.74) is 14.9. The second kappa shape index (κ2) is 5.88. The number of aromatic amines is 1. The number of aryl methyl sites for hydroxylation is 3. The highest BCUT2D eigenvalue weighted by atomic mass is 14.7. The Bertz CT molecular complexity index is 812. The van der Waals surface area contributed by atoms with Gasteiger partial charge in [0.1, 0.15) is 0 Å². The van der Waals surface area contributed by atoms with Crippen LogP contribution in [0.5, 0.6) is 0 Å². The van der Waals surface area contributed by atoms with Crippen LogP contribution >= 0.6 is 0 Å². The third kappa shape index (κ3) is 2.61. The molecule has 0 aliphatic carbocycles. The molecular weight excluding hydrogens is 268 g/mol. The Morgan fingerprint density at radius 2 is 1.68 bits per heavy atom. The molecule has 3 N–H and O–H groups in total. The van der Waals surface area contributed by atoms with Crippen molar-refractivity contribution in [1.29, 1.82) is 0 Å². The van der Waals surface area contributed by atoms with Crippen molar-refractivity contribution in [3.8, 4) is 0 Å². The molecule has 0 fully saturated rings. The summed E-state index contributed by atoms with van der Waals surface area (Å²) in [5.74, 6) is 0. The fraction of sp³-hybridized carbons (Fsp3) is 0.300. The molecule has 3 rings (SSSR count). The molecule has 0 radical (unpaired) electrons. The first-order valence-corrected chi connectivity index (χ1v) is 7.98. The fourth-order valence-electron chi connectivity index (χ4n) is 3.21. The van der Waals surface area contributed by atoms with Gasteiger partial charge in [-0.15, -0.1) is 0 Å². The molecule has 0 aliphatic rings. The number of anilines is 1. The normalized spacial score (nSPS) is 11.2. The maximum absolute atomic E-state index is 5.97. The molecule has 22 heavy (non-hydrogen) atoms. The molecule has 3 aromatic rings. The Kier molecular flexibility index (Phi) is 3.93. The van der Waals surface area contributed by atoms with E-state index in [1.54, 1.807) is 0 Å². The highest BCUT2D eigenvalue weighted by Crippen LogP contribution is 2.24. The van der Waals surface area contributed by atoms with Crippen molar-refractivity contribution in [2.75, 3.05) is 5.73 Å². The van der Waals surface area contributed by atoms with E-state index in [4.69, 9.17) is 5.73 Å². The van der Waals surface area contributed by atoms with Crippen LogP contribution in [0, 0.1) is 20.8 Å². The summed E-state index contributed by atoms with van der Waals surface area (Å²) >= 11 is 0. The number of fused-ring (bicyclic) bond motifs is 1. The number of hydrogen-bond donors (Lipinski definition) is 2. The van der Waals surface area contributed by atoms with E-state index in [1.807, 2.05) is 6.07 Å². The van der Waals surface area contributed by atoms with E-state index in [-0.39, 0.29) is 0 Å². The molecule has 1 heterocycles. The zero-order valence-electron chi connectivity index (χ0n) is 13.7. The van der Waals surface area contributed by atoms with Gasteiger partial charge in [-0.1, -0.05) is 24.3 Å². The molecule has 0 saturated carbocycles. The molecule has 0 saturated heterocycles. The Morgan fingerprint density at radius 3 is 2.50 bits per heavy atom. The van der Waals surface area contributed by atoms with E-state index in [0.717, 1.165) is 24.9 Å². The van der Waals surface area contributed by atoms with Crippen molar-refractivity contribution in [1.82, 2.24) is 4.98 Å². The van der Waals surface area contributed by atoms with E-state index >= 15 is 0 Å². The van der Waals surface area contributed by atoms with Gasteiger partial charge in [-0.3, -0.25) is 0 Å². The first-order valence-electron chi connectivity index (χ1n) is 7.98. The van der Waals surface area contributed by atoms with Gasteiger partial charge in [0.15, 0.2) is 0 Å². The van der Waals surface area contributed by atoms with Crippen molar-refractivity contribution >= 4 is 16.6 Å². The van der Waals surface area contributed by atoms with Crippen LogP contribution in [-0.2, 0) is 12.8 Å². The third-order valence-electron chi connectivity index (χ3n) is 4.84. The average Bonchev–Trinajstić information content (AvgIpc) is 2.92. The number of nitrogens with one attached hydrogen (secondary N) is 1. The van der Waals surface area contributed by atoms with Gasteiger partial charge in [0.05, 0.1) is 0 Å². The largest absolute Gasteiger partial charge is 0.399 e. The van der Waals surface area contributed by atoms with Crippen molar-refractivity contribution in [2.24, 2.45) is 0 Å². The van der Waals surface area contributed by atoms with Crippen LogP contribution in [0.1, 0.15) is 34.2 Å². The predicted octanol–water partition coefficient (Wildman–Crippen LogP) is 4.85. The van der Waals surface area contributed by atoms with E-state index in [9.17, 15) is 0 Å². The minimum atomic E-state index is 0.897. The Hall–Kier alpha value is -2.22. The first-order chi connectivity index (χ1) is 10.6. The van der Waals surface area contributed by atoms with Crippen molar-refractivity contribution < 1.29 is 0 Å². The van der Waals surface area contributed by atoms with Gasteiger partial charge in [0.2, 0.25) is 0 Å². The maximum Gasteiger partial charge on any atom is 0.0486 e. The van der Waals surface area contributed by atoms with Crippen LogP contribution in [-0.4, -0.2) is 4.98 Å². The van der Waals surface area contributed by atoms with Gasteiger partial charge in [-0.25, -0.2) is 0 Å². The molecule has 0 unspecified atom stereocenters. The highest BCUT2D eigenvalue weighted by molar-refractivity contribution is 5.85. The summed E-state index contributed by atoms with van der Waals surface area (Å²) in [4.78, 5) is 3.42. The molecule has 0 atom stereocenters. The number of nitrogens with two attached hydrogens (primary N) is 1. The number of H-pyrrole nitrogens is 1. The molecule has 2 heteroatoms. The molecule has 0 bridgehead atoms. The monoisotopic (exact) mass is 292 g/mol. The van der Waals surface area contributed by atoms with Crippen LogP contribution in [0.3, 0.4) is 0 Å². The quantitative estimate of drug-likeness (QED) is 0.663. The number of rotatable bonds is 4. The summed E-state index contributed by atoms with van der Waals surface area (Å²) in [6, 6.07) is 10.7. The van der Waals surface area contributed by atoms with E-state index in [2.05, 4.69) is 56.2 Å². The van der Waals surface area contributed by atoms with Crippen LogP contribution < -0.4 is 5.73 Å². The lowest BCUT2D eigenvalue weighted by Crippen LogP contribution is -1.98. The third-order valence-corrected chi connectivity index (χ3v) is 4.84. The highest BCUT2D eigenvalue weighted by Gasteiger charge is 2.07. The molecule has 0 aliphatic heterocycles. The molecule has 2 aromatic carbocycles. The smallest absolute Gasteiger partial charge is 0.0486 e. The van der Waals surface area contributed by atoms with Gasteiger partial charge in [0, 0.05) is 22.8 Å². The van der Waals surface area contributed by atoms with Gasteiger partial charge < -0.3 is 10.7 Å². The zero-order chi connectivity index (χ0) is 15.7. The van der Waals surface area contributed by atoms with Crippen molar-refractivity contribution in [3.05, 3.63) is 64.3 Å². The van der Waals surface area contributed by atoms with E-state index in [0.29, 0.717) is 0 Å². The zero-order valence-corrected chi connectivity index (χ0v) is 13.7. The van der Waals surface area contributed by atoms with Crippen LogP contribution in [0.15, 0.2) is 36.5 Å². The van der Waals surface area contributed by atoms with Gasteiger partial charge >= 0.3 is 0 Å². The van der Waals surface area contributed by atoms with Crippen LogP contribution in [0.25, 0.3) is 10.9 Å². The lowest BCUT2D eigenvalue weighted by molar-refractivity contribution is 0.819. The Morgan fingerprint density at radius 1 is 0.909 bits per heavy atom. The number of para-hydroxylation sites is 1. The predicted molar refractivity (Wildman–Crippen MR) is 95.4 cm³/mol. The number of hydrogen-bond acceptors (Lipinski definition) is 1. The number of aromatic nitrogens is 1. The molecule has 2 nitrogen and oxygen atoms in total. The maximum atomic E-state index is 5.97. The van der Waals surface area contributed by atoms with Crippen LogP contribution in [0.2, 0.25) is 0 Å². The van der Waals surface area contributed by atoms with Crippen molar-refractivity contribution in [3.63, 3.8) is 0 Å². The summed E-state index contributed by atoms with van der Waals surface area (Å²) in [5, 5.41) is 1.37. The lowest BCUT2D eigenvalue weighted by Gasteiger charge is -2.10. The summed E-state index contributed by atoms with van der Waals surface area (Å²) in [6.45, 7) is 6.44. The van der Waals surface area contributed by atoms with Gasteiger partial charge in [0.25, 0.3) is 0 Å². The minimum absolute atomic E-state index is 0.897.